The molecule has 1 atom stereocenters. The van der Waals surface area contributed by atoms with Crippen LogP contribution in [0.15, 0.2) is 17.5 Å². The first-order chi connectivity index (χ1) is 8.63. The van der Waals surface area contributed by atoms with Crippen molar-refractivity contribution >= 4 is 49.6 Å². The highest BCUT2D eigenvalue weighted by Crippen LogP contribution is 2.34. The van der Waals surface area contributed by atoms with Gasteiger partial charge in [0.1, 0.15) is 0 Å². The van der Waals surface area contributed by atoms with Crippen molar-refractivity contribution in [2.75, 3.05) is 11.4 Å². The molecule has 3 rings (SSSR count). The summed E-state index contributed by atoms with van der Waals surface area (Å²) in [5, 5.41) is 2.83. The third-order valence-corrected chi connectivity index (χ3v) is 5.29. The average molecular weight is 343 g/mol. The second-order valence-electron chi connectivity index (χ2n) is 4.23. The number of thiazole rings is 1. The lowest BCUT2D eigenvalue weighted by Gasteiger charge is -2.10. The van der Waals surface area contributed by atoms with Crippen LogP contribution in [-0.2, 0) is 4.79 Å². The molecule has 3 heterocycles. The molecule has 0 aliphatic carbocycles. The Kier molecular flexibility index (Phi) is 3.25. The van der Waals surface area contributed by atoms with Gasteiger partial charge in [0.25, 0.3) is 0 Å². The molecule has 2 aromatic heterocycles. The summed E-state index contributed by atoms with van der Waals surface area (Å²) >= 11 is 6.75. The number of halogens is 1. The van der Waals surface area contributed by atoms with Crippen LogP contribution in [-0.4, -0.2) is 22.3 Å². The molecular formula is C12H11BrN2OS2. The summed E-state index contributed by atoms with van der Waals surface area (Å²) in [5.41, 5.74) is 0.971. The third-order valence-electron chi connectivity index (χ3n) is 2.79. The molecule has 0 aromatic carbocycles. The maximum atomic E-state index is 11.8. The normalized spacial score (nSPS) is 19.8. The second kappa shape index (κ2) is 4.75. The minimum Gasteiger partial charge on any atom is -0.287 e. The number of hydrogen-bond acceptors (Lipinski definition) is 4. The lowest BCUT2D eigenvalue weighted by molar-refractivity contribution is -0.117. The number of aromatic nitrogens is 1. The SMILES string of the molecule is Cc1ccc(-c2csc(N3CC(Br)CC3=O)n2)s1. The molecule has 94 valence electrons. The van der Waals surface area contributed by atoms with Crippen molar-refractivity contribution in [1.29, 1.82) is 0 Å². The summed E-state index contributed by atoms with van der Waals surface area (Å²) in [4.78, 5) is 20.8. The van der Waals surface area contributed by atoms with E-state index in [1.54, 1.807) is 16.2 Å². The van der Waals surface area contributed by atoms with Crippen LogP contribution in [0.5, 0.6) is 0 Å². The lowest BCUT2D eigenvalue weighted by atomic mass is 10.4. The Hall–Kier alpha value is -0.720. The molecule has 0 bridgehead atoms. The van der Waals surface area contributed by atoms with Gasteiger partial charge in [-0.3, -0.25) is 9.69 Å². The molecule has 0 spiro atoms. The zero-order valence-corrected chi connectivity index (χ0v) is 12.9. The van der Waals surface area contributed by atoms with Crippen LogP contribution >= 0.6 is 38.6 Å². The number of thiophene rings is 1. The number of nitrogens with zero attached hydrogens (tertiary/aromatic N) is 2. The average Bonchev–Trinajstić information content (AvgIpc) is 2.98. The molecule has 2 aromatic rings. The Labute approximate surface area is 122 Å². The Morgan fingerprint density at radius 3 is 2.94 bits per heavy atom. The first kappa shape index (κ1) is 12.3. The number of carbonyl (C=O) groups is 1. The predicted octanol–water partition coefficient (Wildman–Crippen LogP) is 3.68. The highest BCUT2D eigenvalue weighted by atomic mass is 79.9. The second-order valence-corrected chi connectivity index (χ2v) is 7.65. The number of amides is 1. The number of carbonyl (C=O) groups excluding carboxylic acids is 1. The maximum Gasteiger partial charge on any atom is 0.230 e. The summed E-state index contributed by atoms with van der Waals surface area (Å²) in [5.74, 6) is 0.153. The van der Waals surface area contributed by atoms with E-state index in [1.807, 2.05) is 5.38 Å². The number of hydrogen-bond donors (Lipinski definition) is 0. The molecule has 1 fully saturated rings. The zero-order chi connectivity index (χ0) is 12.7. The van der Waals surface area contributed by atoms with Crippen molar-refractivity contribution in [3.05, 3.63) is 22.4 Å². The van der Waals surface area contributed by atoms with Crippen LogP contribution in [0.1, 0.15) is 11.3 Å². The molecular weight excluding hydrogens is 332 g/mol. The van der Waals surface area contributed by atoms with Gasteiger partial charge in [0.2, 0.25) is 5.91 Å². The van der Waals surface area contributed by atoms with E-state index in [1.165, 1.54) is 16.2 Å². The summed E-state index contributed by atoms with van der Waals surface area (Å²) < 4.78 is 0. The first-order valence-corrected chi connectivity index (χ1v) is 8.21. The van der Waals surface area contributed by atoms with Gasteiger partial charge in [-0.15, -0.1) is 22.7 Å². The molecule has 1 unspecified atom stereocenters. The van der Waals surface area contributed by atoms with Crippen molar-refractivity contribution in [2.45, 2.75) is 18.2 Å². The van der Waals surface area contributed by atoms with Gasteiger partial charge < -0.3 is 0 Å². The van der Waals surface area contributed by atoms with Crippen molar-refractivity contribution in [3.63, 3.8) is 0 Å². The van der Waals surface area contributed by atoms with Gasteiger partial charge in [0, 0.05) is 28.0 Å². The van der Waals surface area contributed by atoms with E-state index in [9.17, 15) is 4.79 Å². The highest BCUT2D eigenvalue weighted by Gasteiger charge is 2.30. The maximum absolute atomic E-state index is 11.8. The molecule has 1 saturated heterocycles. The number of aryl methyl sites for hydroxylation is 1. The number of alkyl halides is 1. The molecule has 1 amide bonds. The molecule has 18 heavy (non-hydrogen) atoms. The fourth-order valence-corrected chi connectivity index (χ4v) is 4.24. The summed E-state index contributed by atoms with van der Waals surface area (Å²) in [6.45, 7) is 2.80. The van der Waals surface area contributed by atoms with E-state index in [2.05, 4.69) is 40.0 Å². The van der Waals surface area contributed by atoms with Crippen molar-refractivity contribution in [2.24, 2.45) is 0 Å². The Balaban J connectivity index is 1.88. The van der Waals surface area contributed by atoms with Crippen LogP contribution in [0.25, 0.3) is 10.6 Å². The predicted molar refractivity (Wildman–Crippen MR) is 79.8 cm³/mol. The third kappa shape index (κ3) is 2.24. The van der Waals surface area contributed by atoms with Crippen LogP contribution in [0.4, 0.5) is 5.13 Å². The molecule has 0 N–H and O–H groups in total. The van der Waals surface area contributed by atoms with E-state index >= 15 is 0 Å². The summed E-state index contributed by atoms with van der Waals surface area (Å²) in [6, 6.07) is 4.17. The van der Waals surface area contributed by atoms with E-state index in [0.717, 1.165) is 22.2 Å². The standard InChI is InChI=1S/C12H11BrN2OS2/c1-7-2-3-10(18-7)9-6-17-12(14-9)15-5-8(13)4-11(15)16/h2-3,6,8H,4-5H2,1H3. The van der Waals surface area contributed by atoms with E-state index in [-0.39, 0.29) is 10.7 Å². The van der Waals surface area contributed by atoms with Crippen LogP contribution in [0.3, 0.4) is 0 Å². The van der Waals surface area contributed by atoms with E-state index in [4.69, 9.17) is 0 Å². The fraction of sp³-hybridized carbons (Fsp3) is 0.333. The summed E-state index contributed by atoms with van der Waals surface area (Å²) in [6.07, 6.45) is 0.563. The van der Waals surface area contributed by atoms with Gasteiger partial charge >= 0.3 is 0 Å². The van der Waals surface area contributed by atoms with Crippen LogP contribution in [0, 0.1) is 6.92 Å². The molecule has 1 aliphatic rings. The molecule has 0 radical (unpaired) electrons. The quantitative estimate of drug-likeness (QED) is 0.780. The number of rotatable bonds is 2. The van der Waals surface area contributed by atoms with Gasteiger partial charge in [-0.1, -0.05) is 15.9 Å². The molecule has 1 aliphatic heterocycles. The van der Waals surface area contributed by atoms with Gasteiger partial charge in [0.15, 0.2) is 5.13 Å². The largest absolute Gasteiger partial charge is 0.287 e. The smallest absolute Gasteiger partial charge is 0.230 e. The summed E-state index contributed by atoms with van der Waals surface area (Å²) in [7, 11) is 0. The lowest BCUT2D eigenvalue weighted by Crippen LogP contribution is -2.24. The zero-order valence-electron chi connectivity index (χ0n) is 9.72. The fourth-order valence-electron chi connectivity index (χ4n) is 1.92. The van der Waals surface area contributed by atoms with Crippen LogP contribution in [0.2, 0.25) is 0 Å². The van der Waals surface area contributed by atoms with Gasteiger partial charge in [-0.25, -0.2) is 4.98 Å². The molecule has 3 nitrogen and oxygen atoms in total. The molecule has 6 heteroatoms. The Bertz CT molecular complexity index is 592. The Morgan fingerprint density at radius 2 is 2.33 bits per heavy atom. The molecule has 0 saturated carbocycles. The van der Waals surface area contributed by atoms with E-state index in [0.29, 0.717) is 6.42 Å². The minimum atomic E-state index is 0.153. The Morgan fingerprint density at radius 1 is 1.50 bits per heavy atom. The van der Waals surface area contributed by atoms with Gasteiger partial charge in [0.05, 0.1) is 10.6 Å². The van der Waals surface area contributed by atoms with Crippen LogP contribution < -0.4 is 4.90 Å². The van der Waals surface area contributed by atoms with Crippen molar-refractivity contribution in [1.82, 2.24) is 4.98 Å². The van der Waals surface area contributed by atoms with Gasteiger partial charge in [-0.05, 0) is 19.1 Å². The van der Waals surface area contributed by atoms with Crippen molar-refractivity contribution < 1.29 is 4.79 Å². The highest BCUT2D eigenvalue weighted by molar-refractivity contribution is 9.09. The van der Waals surface area contributed by atoms with Gasteiger partial charge in [-0.2, -0.15) is 0 Å². The minimum absolute atomic E-state index is 0.153. The van der Waals surface area contributed by atoms with E-state index < -0.39 is 0 Å². The topological polar surface area (TPSA) is 33.2 Å². The first-order valence-electron chi connectivity index (χ1n) is 5.60. The van der Waals surface area contributed by atoms with Crippen molar-refractivity contribution in [3.8, 4) is 10.6 Å². The number of anilines is 1. The monoisotopic (exact) mass is 342 g/mol.